The summed E-state index contributed by atoms with van der Waals surface area (Å²) in [5.74, 6) is 1.81. The molecule has 1 aromatic rings. The maximum absolute atomic E-state index is 5.74. The molecule has 0 saturated carbocycles. The zero-order valence-corrected chi connectivity index (χ0v) is 18.6. The van der Waals surface area contributed by atoms with E-state index in [4.69, 9.17) is 14.2 Å². The fourth-order valence-corrected chi connectivity index (χ4v) is 2.14. The van der Waals surface area contributed by atoms with Crippen LogP contribution in [0.4, 0.5) is 0 Å². The van der Waals surface area contributed by atoms with Gasteiger partial charge in [-0.3, -0.25) is 4.99 Å². The van der Waals surface area contributed by atoms with Gasteiger partial charge in [-0.25, -0.2) is 0 Å². The lowest BCUT2D eigenvalue weighted by Gasteiger charge is -2.22. The fraction of sp³-hybridized carbons (Fsp3) is 0.632. The third kappa shape index (κ3) is 12.3. The van der Waals surface area contributed by atoms with Crippen LogP contribution >= 0.6 is 24.0 Å². The molecule has 0 aliphatic carbocycles. The lowest BCUT2D eigenvalue weighted by atomic mass is 10.3. The van der Waals surface area contributed by atoms with Crippen LogP contribution < -0.4 is 10.1 Å². The lowest BCUT2D eigenvalue weighted by molar-refractivity contribution is 0.0690. The molecule has 0 atom stereocenters. The van der Waals surface area contributed by atoms with Gasteiger partial charge in [-0.05, 0) is 31.9 Å². The van der Waals surface area contributed by atoms with Gasteiger partial charge >= 0.3 is 0 Å². The Morgan fingerprint density at radius 2 is 1.85 bits per heavy atom. The number of nitrogens with zero attached hydrogens (tertiary/aromatic N) is 2. The molecule has 0 fully saturated rings. The number of guanidine groups is 1. The van der Waals surface area contributed by atoms with Gasteiger partial charge in [-0.15, -0.1) is 24.0 Å². The average Bonchev–Trinajstić information content (AvgIpc) is 2.63. The molecule has 26 heavy (non-hydrogen) atoms. The summed E-state index contributed by atoms with van der Waals surface area (Å²) in [5.41, 5.74) is 0. The van der Waals surface area contributed by atoms with E-state index in [0.29, 0.717) is 19.8 Å². The minimum Gasteiger partial charge on any atom is -0.492 e. The largest absolute Gasteiger partial charge is 0.492 e. The Kier molecular flexibility index (Phi) is 16.7. The zero-order valence-electron chi connectivity index (χ0n) is 16.3. The van der Waals surface area contributed by atoms with Crippen LogP contribution in [0, 0.1) is 0 Å². The summed E-state index contributed by atoms with van der Waals surface area (Å²) < 4.78 is 16.1. The van der Waals surface area contributed by atoms with Crippen molar-refractivity contribution in [3.63, 3.8) is 0 Å². The molecule has 0 bridgehead atoms. The van der Waals surface area contributed by atoms with E-state index < -0.39 is 0 Å². The number of methoxy groups -OCH3 is 1. The highest BCUT2D eigenvalue weighted by Crippen LogP contribution is 2.07. The van der Waals surface area contributed by atoms with E-state index in [1.807, 2.05) is 37.4 Å². The summed E-state index contributed by atoms with van der Waals surface area (Å²) in [7, 11) is 3.71. The number of benzene rings is 1. The second-order valence-electron chi connectivity index (χ2n) is 5.63. The van der Waals surface area contributed by atoms with E-state index in [1.165, 1.54) is 0 Å². The number of unbranched alkanes of at least 4 members (excludes halogenated alkanes) is 1. The molecule has 7 heteroatoms. The molecule has 6 nitrogen and oxygen atoms in total. The van der Waals surface area contributed by atoms with Crippen LogP contribution in [-0.4, -0.2) is 71.1 Å². The van der Waals surface area contributed by atoms with Crippen LogP contribution in [0.25, 0.3) is 0 Å². The molecule has 0 aliphatic rings. The number of para-hydroxylation sites is 1. The molecule has 0 amide bonds. The SMILES string of the molecule is CCNC(=NCCCCOCCOC)N(C)CCOc1ccccc1.I. The third-order valence-corrected chi connectivity index (χ3v) is 3.53. The molecule has 0 aliphatic heterocycles. The second-order valence-corrected chi connectivity index (χ2v) is 5.63. The summed E-state index contributed by atoms with van der Waals surface area (Å²) >= 11 is 0. The molecule has 0 spiro atoms. The van der Waals surface area contributed by atoms with E-state index in [0.717, 1.165) is 50.8 Å². The van der Waals surface area contributed by atoms with Crippen LogP contribution in [0.3, 0.4) is 0 Å². The molecule has 0 radical (unpaired) electrons. The number of ether oxygens (including phenoxy) is 3. The Morgan fingerprint density at radius 1 is 1.08 bits per heavy atom. The number of hydrogen-bond acceptors (Lipinski definition) is 4. The van der Waals surface area contributed by atoms with E-state index in [-0.39, 0.29) is 24.0 Å². The van der Waals surface area contributed by atoms with Crippen molar-refractivity contribution in [2.24, 2.45) is 4.99 Å². The van der Waals surface area contributed by atoms with E-state index in [2.05, 4.69) is 22.1 Å². The molecule has 1 rings (SSSR count). The average molecular weight is 479 g/mol. The van der Waals surface area contributed by atoms with Gasteiger partial charge in [0.15, 0.2) is 5.96 Å². The zero-order chi connectivity index (χ0) is 18.2. The van der Waals surface area contributed by atoms with E-state index >= 15 is 0 Å². The van der Waals surface area contributed by atoms with Gasteiger partial charge < -0.3 is 24.4 Å². The minimum absolute atomic E-state index is 0. The number of nitrogens with one attached hydrogen (secondary N) is 1. The fourth-order valence-electron chi connectivity index (χ4n) is 2.14. The summed E-state index contributed by atoms with van der Waals surface area (Å²) in [4.78, 5) is 6.77. The van der Waals surface area contributed by atoms with Crippen molar-refractivity contribution in [2.45, 2.75) is 19.8 Å². The Balaban J connectivity index is 0.00000625. The van der Waals surface area contributed by atoms with Crippen molar-refractivity contribution in [1.29, 1.82) is 0 Å². The molecular weight excluding hydrogens is 445 g/mol. The van der Waals surface area contributed by atoms with Crippen LogP contribution in [-0.2, 0) is 9.47 Å². The topological polar surface area (TPSA) is 55.3 Å². The summed E-state index contributed by atoms with van der Waals surface area (Å²) in [6, 6.07) is 9.87. The van der Waals surface area contributed by atoms with Crippen molar-refractivity contribution >= 4 is 29.9 Å². The highest BCUT2D eigenvalue weighted by atomic mass is 127. The summed E-state index contributed by atoms with van der Waals surface area (Å²) in [6.45, 7) is 7.19. The van der Waals surface area contributed by atoms with Gasteiger partial charge in [0, 0.05) is 33.9 Å². The van der Waals surface area contributed by atoms with Crippen molar-refractivity contribution in [2.75, 3.05) is 60.2 Å². The molecule has 150 valence electrons. The Morgan fingerprint density at radius 3 is 2.54 bits per heavy atom. The number of rotatable bonds is 13. The van der Waals surface area contributed by atoms with Gasteiger partial charge in [-0.2, -0.15) is 0 Å². The first kappa shape index (κ1) is 24.9. The van der Waals surface area contributed by atoms with Crippen LogP contribution in [0.1, 0.15) is 19.8 Å². The van der Waals surface area contributed by atoms with Crippen LogP contribution in [0.5, 0.6) is 5.75 Å². The smallest absolute Gasteiger partial charge is 0.193 e. The molecule has 0 saturated heterocycles. The molecule has 0 aromatic heterocycles. The minimum atomic E-state index is 0. The van der Waals surface area contributed by atoms with E-state index in [9.17, 15) is 0 Å². The maximum Gasteiger partial charge on any atom is 0.193 e. The predicted molar refractivity (Wildman–Crippen MR) is 118 cm³/mol. The molecule has 1 aromatic carbocycles. The van der Waals surface area contributed by atoms with Crippen molar-refractivity contribution in [1.82, 2.24) is 10.2 Å². The molecule has 1 N–H and O–H groups in total. The number of halogens is 1. The van der Waals surface area contributed by atoms with Crippen molar-refractivity contribution in [3.8, 4) is 5.75 Å². The lowest BCUT2D eigenvalue weighted by Crippen LogP contribution is -2.41. The van der Waals surface area contributed by atoms with Gasteiger partial charge in [0.2, 0.25) is 0 Å². The highest BCUT2D eigenvalue weighted by molar-refractivity contribution is 14.0. The quantitative estimate of drug-likeness (QED) is 0.204. The van der Waals surface area contributed by atoms with Gasteiger partial charge in [0.1, 0.15) is 12.4 Å². The summed E-state index contributed by atoms with van der Waals surface area (Å²) in [5, 5.41) is 3.32. The molecular formula is C19H34IN3O3. The maximum atomic E-state index is 5.74. The first-order valence-electron chi connectivity index (χ1n) is 9.02. The molecule has 0 unspecified atom stereocenters. The van der Waals surface area contributed by atoms with Gasteiger partial charge in [0.05, 0.1) is 19.8 Å². The number of hydrogen-bond donors (Lipinski definition) is 1. The standard InChI is InChI=1S/C19H33N3O3.HI/c1-4-20-19(21-12-8-9-14-24-17-16-23-3)22(2)13-15-25-18-10-6-5-7-11-18;/h5-7,10-11H,4,8-9,12-17H2,1-3H3,(H,20,21);1H. The Bertz CT molecular complexity index is 461. The highest BCUT2D eigenvalue weighted by Gasteiger charge is 2.05. The van der Waals surface area contributed by atoms with Crippen LogP contribution in [0.2, 0.25) is 0 Å². The van der Waals surface area contributed by atoms with E-state index in [1.54, 1.807) is 7.11 Å². The van der Waals surface area contributed by atoms with Gasteiger partial charge in [-0.1, -0.05) is 18.2 Å². The summed E-state index contributed by atoms with van der Waals surface area (Å²) in [6.07, 6.45) is 2.02. The molecule has 0 heterocycles. The first-order valence-corrected chi connectivity index (χ1v) is 9.02. The van der Waals surface area contributed by atoms with Crippen molar-refractivity contribution in [3.05, 3.63) is 30.3 Å². The first-order chi connectivity index (χ1) is 12.3. The van der Waals surface area contributed by atoms with Gasteiger partial charge in [0.25, 0.3) is 0 Å². The third-order valence-electron chi connectivity index (χ3n) is 3.53. The monoisotopic (exact) mass is 479 g/mol. The number of likely N-dealkylation sites (N-methyl/N-ethyl adjacent to an activating group) is 1. The second kappa shape index (κ2) is 17.4. The van der Waals surface area contributed by atoms with Crippen LogP contribution in [0.15, 0.2) is 35.3 Å². The Labute approximate surface area is 175 Å². The number of aliphatic imine (C=N–C) groups is 1. The predicted octanol–water partition coefficient (Wildman–Crippen LogP) is 3.02. The Hall–Kier alpha value is -1.06. The van der Waals surface area contributed by atoms with Crippen molar-refractivity contribution < 1.29 is 14.2 Å². The normalized spacial score (nSPS) is 11.0.